The maximum absolute atomic E-state index is 9.50. The first-order valence-corrected chi connectivity index (χ1v) is 6.29. The lowest BCUT2D eigenvalue weighted by Crippen LogP contribution is -2.13. The number of phenolic OH excluding ortho intramolecular Hbond substituents is 2. The summed E-state index contributed by atoms with van der Waals surface area (Å²) in [6, 6.07) is 4.67. The van der Waals surface area contributed by atoms with Crippen LogP contribution in [-0.4, -0.2) is 36.6 Å². The molecular formula is C11H10N4O2S. The predicted octanol–water partition coefficient (Wildman–Crippen LogP) is 1.36. The number of hydrogen-bond donors (Lipinski definition) is 2. The van der Waals surface area contributed by atoms with Crippen molar-refractivity contribution in [2.45, 2.75) is 12.1 Å². The van der Waals surface area contributed by atoms with E-state index < -0.39 is 0 Å². The molecule has 0 bridgehead atoms. The van der Waals surface area contributed by atoms with E-state index in [1.54, 1.807) is 10.7 Å². The molecular weight excluding hydrogens is 252 g/mol. The Morgan fingerprint density at radius 3 is 2.83 bits per heavy atom. The van der Waals surface area contributed by atoms with Gasteiger partial charge in [-0.2, -0.15) is 9.78 Å². The molecule has 2 aromatic rings. The summed E-state index contributed by atoms with van der Waals surface area (Å²) in [6.45, 7) is 1.83. The predicted molar refractivity (Wildman–Crippen MR) is 67.2 cm³/mol. The highest BCUT2D eigenvalue weighted by atomic mass is 32.2. The third-order valence-corrected chi connectivity index (χ3v) is 3.57. The molecule has 0 aliphatic carbocycles. The number of thioether (sulfide) groups is 1. The highest BCUT2D eigenvalue weighted by Gasteiger charge is 2.18. The zero-order valence-corrected chi connectivity index (χ0v) is 10.3. The van der Waals surface area contributed by atoms with Crippen LogP contribution in [0.15, 0.2) is 28.5 Å². The molecule has 1 aromatic heterocycles. The number of aromatic hydroxyl groups is 2. The fraction of sp³-hybridized carbons (Fsp3) is 0.182. The lowest BCUT2D eigenvalue weighted by molar-refractivity contribution is 0.403. The van der Waals surface area contributed by atoms with Gasteiger partial charge in [0.05, 0.1) is 5.71 Å². The van der Waals surface area contributed by atoms with Crippen LogP contribution in [0.25, 0.3) is 0 Å². The second-order valence-corrected chi connectivity index (χ2v) is 4.82. The molecule has 0 saturated carbocycles. The van der Waals surface area contributed by atoms with Gasteiger partial charge in [-0.05, 0) is 25.1 Å². The van der Waals surface area contributed by atoms with Gasteiger partial charge in [0.1, 0.15) is 0 Å². The van der Waals surface area contributed by atoms with Gasteiger partial charge in [-0.15, -0.1) is 10.2 Å². The number of fused-ring (bicyclic) bond motifs is 1. The van der Waals surface area contributed by atoms with Crippen molar-refractivity contribution in [2.75, 3.05) is 5.75 Å². The van der Waals surface area contributed by atoms with Crippen LogP contribution in [0.4, 0.5) is 0 Å². The molecule has 0 atom stereocenters. The number of nitrogens with zero attached hydrogens (tertiary/aromatic N) is 4. The second kappa shape index (κ2) is 4.02. The minimum Gasteiger partial charge on any atom is -0.504 e. The molecule has 1 aliphatic rings. The fourth-order valence-corrected chi connectivity index (χ4v) is 2.55. The standard InChI is InChI=1S/C11H10N4O2S/c1-6-12-13-11-15(6)14-8(5-18-11)7-2-3-9(16)10(17)4-7/h2-4,16-17H,5H2,1H3. The minimum atomic E-state index is -0.147. The molecule has 0 radical (unpaired) electrons. The van der Waals surface area contributed by atoms with E-state index in [0.717, 1.165) is 22.3 Å². The Morgan fingerprint density at radius 1 is 1.22 bits per heavy atom. The summed E-state index contributed by atoms with van der Waals surface area (Å²) >= 11 is 1.54. The van der Waals surface area contributed by atoms with Crippen molar-refractivity contribution < 1.29 is 10.2 Å². The molecule has 7 heteroatoms. The fourth-order valence-electron chi connectivity index (χ4n) is 1.67. The van der Waals surface area contributed by atoms with E-state index in [-0.39, 0.29) is 11.5 Å². The lowest BCUT2D eigenvalue weighted by atomic mass is 10.1. The summed E-state index contributed by atoms with van der Waals surface area (Å²) < 4.78 is 1.67. The van der Waals surface area contributed by atoms with E-state index in [1.165, 1.54) is 23.9 Å². The number of aryl methyl sites for hydroxylation is 1. The maximum Gasteiger partial charge on any atom is 0.212 e. The third-order valence-electron chi connectivity index (χ3n) is 2.64. The summed E-state index contributed by atoms with van der Waals surface area (Å²) in [4.78, 5) is 0. The van der Waals surface area contributed by atoms with Crippen LogP contribution in [0.1, 0.15) is 11.4 Å². The van der Waals surface area contributed by atoms with Crippen molar-refractivity contribution in [3.63, 3.8) is 0 Å². The van der Waals surface area contributed by atoms with Crippen LogP contribution in [0.3, 0.4) is 0 Å². The molecule has 92 valence electrons. The topological polar surface area (TPSA) is 83.5 Å². The molecule has 3 rings (SSSR count). The SMILES string of the molecule is Cc1nnc2n1N=C(c1ccc(O)c(O)c1)CS2. The first-order chi connectivity index (χ1) is 8.65. The van der Waals surface area contributed by atoms with Gasteiger partial charge < -0.3 is 10.2 Å². The Hall–Kier alpha value is -2.02. The average Bonchev–Trinajstić information content (AvgIpc) is 2.74. The number of benzene rings is 1. The van der Waals surface area contributed by atoms with E-state index in [0.29, 0.717) is 5.75 Å². The van der Waals surface area contributed by atoms with E-state index >= 15 is 0 Å². The van der Waals surface area contributed by atoms with Crippen molar-refractivity contribution >= 4 is 17.5 Å². The van der Waals surface area contributed by atoms with Gasteiger partial charge >= 0.3 is 0 Å². The molecule has 0 spiro atoms. The molecule has 2 N–H and O–H groups in total. The molecule has 18 heavy (non-hydrogen) atoms. The van der Waals surface area contributed by atoms with Crippen LogP contribution in [0, 0.1) is 6.92 Å². The van der Waals surface area contributed by atoms with Crippen LogP contribution in [-0.2, 0) is 0 Å². The number of hydrogen-bond acceptors (Lipinski definition) is 6. The quantitative estimate of drug-likeness (QED) is 0.758. The molecule has 0 fully saturated rings. The Balaban J connectivity index is 2.06. The van der Waals surface area contributed by atoms with Crippen LogP contribution in [0.2, 0.25) is 0 Å². The molecule has 1 aromatic carbocycles. The largest absolute Gasteiger partial charge is 0.504 e. The van der Waals surface area contributed by atoms with Crippen molar-refractivity contribution in [1.82, 2.24) is 14.9 Å². The Labute approximate surface area is 107 Å². The molecule has 6 nitrogen and oxygen atoms in total. The second-order valence-electron chi connectivity index (χ2n) is 3.88. The smallest absolute Gasteiger partial charge is 0.212 e. The summed E-state index contributed by atoms with van der Waals surface area (Å²) in [7, 11) is 0. The number of rotatable bonds is 1. The van der Waals surface area contributed by atoms with Gasteiger partial charge in [0, 0.05) is 11.3 Å². The Morgan fingerprint density at radius 2 is 2.06 bits per heavy atom. The molecule has 0 unspecified atom stereocenters. The number of aromatic nitrogens is 3. The van der Waals surface area contributed by atoms with Gasteiger partial charge in [0.15, 0.2) is 17.3 Å². The normalized spacial score (nSPS) is 14.2. The maximum atomic E-state index is 9.50. The summed E-state index contributed by atoms with van der Waals surface area (Å²) in [6.07, 6.45) is 0. The van der Waals surface area contributed by atoms with E-state index in [4.69, 9.17) is 0 Å². The van der Waals surface area contributed by atoms with E-state index in [1.807, 2.05) is 6.92 Å². The lowest BCUT2D eigenvalue weighted by Gasteiger charge is -2.13. The monoisotopic (exact) mass is 262 g/mol. The number of phenols is 2. The summed E-state index contributed by atoms with van der Waals surface area (Å²) in [5.74, 6) is 1.09. The van der Waals surface area contributed by atoms with Crippen molar-refractivity contribution in [2.24, 2.45) is 5.10 Å². The van der Waals surface area contributed by atoms with Crippen LogP contribution >= 0.6 is 11.8 Å². The highest BCUT2D eigenvalue weighted by molar-refractivity contribution is 7.99. The van der Waals surface area contributed by atoms with Gasteiger partial charge in [-0.3, -0.25) is 0 Å². The third kappa shape index (κ3) is 1.72. The van der Waals surface area contributed by atoms with Gasteiger partial charge in [-0.25, -0.2) is 0 Å². The highest BCUT2D eigenvalue weighted by Crippen LogP contribution is 2.28. The van der Waals surface area contributed by atoms with Crippen molar-refractivity contribution in [3.05, 3.63) is 29.6 Å². The molecule has 0 saturated heterocycles. The zero-order chi connectivity index (χ0) is 12.7. The molecule has 2 heterocycles. The van der Waals surface area contributed by atoms with Gasteiger partial charge in [0.25, 0.3) is 0 Å². The van der Waals surface area contributed by atoms with Crippen LogP contribution < -0.4 is 0 Å². The minimum absolute atomic E-state index is 0.135. The first-order valence-electron chi connectivity index (χ1n) is 5.30. The Kier molecular flexibility index (Phi) is 2.48. The van der Waals surface area contributed by atoms with Gasteiger partial charge in [0.2, 0.25) is 5.16 Å². The molecule has 0 amide bonds. The van der Waals surface area contributed by atoms with E-state index in [9.17, 15) is 10.2 Å². The van der Waals surface area contributed by atoms with Crippen LogP contribution in [0.5, 0.6) is 11.5 Å². The van der Waals surface area contributed by atoms with Crippen molar-refractivity contribution in [1.29, 1.82) is 0 Å². The van der Waals surface area contributed by atoms with Gasteiger partial charge in [-0.1, -0.05) is 11.8 Å². The average molecular weight is 262 g/mol. The first kappa shape index (κ1) is 11.1. The van der Waals surface area contributed by atoms with Crippen molar-refractivity contribution in [3.8, 4) is 11.5 Å². The Bertz CT molecular complexity index is 650. The van der Waals surface area contributed by atoms with E-state index in [2.05, 4.69) is 15.3 Å². The zero-order valence-electron chi connectivity index (χ0n) is 9.53. The summed E-state index contributed by atoms with van der Waals surface area (Å²) in [5, 5.41) is 31.9. The molecule has 1 aliphatic heterocycles. The summed E-state index contributed by atoms with van der Waals surface area (Å²) in [5.41, 5.74) is 1.59.